The van der Waals surface area contributed by atoms with Gasteiger partial charge in [-0.05, 0) is 25.1 Å². The molecule has 2 aromatic rings. The predicted octanol–water partition coefficient (Wildman–Crippen LogP) is 2.46. The minimum Gasteiger partial charge on any atom is -0.466 e. The summed E-state index contributed by atoms with van der Waals surface area (Å²) >= 11 is 5.82. The fraction of sp³-hybridized carbons (Fsp3) is 0.133. The summed E-state index contributed by atoms with van der Waals surface area (Å²) in [4.78, 5) is 28.6. The number of para-hydroxylation sites is 2. The van der Waals surface area contributed by atoms with Crippen molar-refractivity contribution in [3.05, 3.63) is 47.7 Å². The Bertz CT molecular complexity index is 765. The van der Waals surface area contributed by atoms with E-state index in [9.17, 15) is 9.59 Å². The van der Waals surface area contributed by atoms with E-state index in [1.165, 1.54) is 25.4 Å². The van der Waals surface area contributed by atoms with Gasteiger partial charge in [0.15, 0.2) is 0 Å². The number of benzene rings is 1. The average Bonchev–Trinajstić information content (AvgIpc) is 2.48. The van der Waals surface area contributed by atoms with Crippen LogP contribution in [0, 0.1) is 0 Å². The van der Waals surface area contributed by atoms with Crippen LogP contribution in [-0.4, -0.2) is 22.4 Å². The van der Waals surface area contributed by atoms with Gasteiger partial charge in [0.1, 0.15) is 5.75 Å². The van der Waals surface area contributed by atoms with Gasteiger partial charge in [0.05, 0.1) is 22.6 Å². The SMILES string of the molecule is CC1(C(=O)Nc2cncc(Cl)c2)Oc2ccccc2NC1=O. The van der Waals surface area contributed by atoms with E-state index in [0.717, 1.165) is 0 Å². The highest BCUT2D eigenvalue weighted by Crippen LogP contribution is 2.33. The molecule has 7 heteroatoms. The summed E-state index contributed by atoms with van der Waals surface area (Å²) in [7, 11) is 0. The summed E-state index contributed by atoms with van der Waals surface area (Å²) in [6.45, 7) is 1.41. The second-order valence-electron chi connectivity index (χ2n) is 4.93. The number of nitrogens with one attached hydrogen (secondary N) is 2. The highest BCUT2D eigenvalue weighted by atomic mass is 35.5. The van der Waals surface area contributed by atoms with E-state index in [0.29, 0.717) is 22.1 Å². The molecule has 0 radical (unpaired) electrons. The zero-order valence-electron chi connectivity index (χ0n) is 11.6. The van der Waals surface area contributed by atoms with Crippen LogP contribution in [0.15, 0.2) is 42.7 Å². The molecule has 6 nitrogen and oxygen atoms in total. The Labute approximate surface area is 131 Å². The van der Waals surface area contributed by atoms with Crippen molar-refractivity contribution < 1.29 is 14.3 Å². The maximum atomic E-state index is 12.5. The number of anilines is 2. The number of carbonyl (C=O) groups is 2. The molecular weight excluding hydrogens is 306 g/mol. The first-order chi connectivity index (χ1) is 10.5. The number of rotatable bonds is 2. The Morgan fingerprint density at radius 3 is 2.91 bits per heavy atom. The normalized spacial score (nSPS) is 19.6. The van der Waals surface area contributed by atoms with Crippen molar-refractivity contribution in [2.24, 2.45) is 0 Å². The van der Waals surface area contributed by atoms with Gasteiger partial charge in [-0.15, -0.1) is 0 Å². The van der Waals surface area contributed by atoms with Gasteiger partial charge < -0.3 is 15.4 Å². The molecule has 2 heterocycles. The van der Waals surface area contributed by atoms with E-state index < -0.39 is 17.4 Å². The Balaban J connectivity index is 1.87. The van der Waals surface area contributed by atoms with Crippen LogP contribution in [0.4, 0.5) is 11.4 Å². The molecule has 22 heavy (non-hydrogen) atoms. The number of aromatic nitrogens is 1. The molecule has 0 saturated carbocycles. The summed E-state index contributed by atoms with van der Waals surface area (Å²) in [6.07, 6.45) is 2.88. The third kappa shape index (κ3) is 2.48. The van der Waals surface area contributed by atoms with Crippen molar-refractivity contribution in [2.45, 2.75) is 12.5 Å². The van der Waals surface area contributed by atoms with Crippen LogP contribution in [0.5, 0.6) is 5.75 Å². The molecule has 1 atom stereocenters. The zero-order chi connectivity index (χ0) is 15.7. The van der Waals surface area contributed by atoms with Crippen molar-refractivity contribution in [3.8, 4) is 5.75 Å². The smallest absolute Gasteiger partial charge is 0.278 e. The standard InChI is InChI=1S/C15H12ClN3O3/c1-15(13(20)18-10-6-9(16)7-17-8-10)14(21)19-11-4-2-3-5-12(11)22-15/h2-8H,1H3,(H,18,20)(H,19,21). The largest absolute Gasteiger partial charge is 0.466 e. The van der Waals surface area contributed by atoms with E-state index in [-0.39, 0.29) is 0 Å². The molecule has 3 rings (SSSR count). The van der Waals surface area contributed by atoms with E-state index >= 15 is 0 Å². The van der Waals surface area contributed by atoms with E-state index in [2.05, 4.69) is 15.6 Å². The quantitative estimate of drug-likeness (QED) is 0.834. The lowest BCUT2D eigenvalue weighted by atomic mass is 10.0. The first-order valence-corrected chi connectivity index (χ1v) is 6.88. The van der Waals surface area contributed by atoms with Gasteiger partial charge in [-0.1, -0.05) is 23.7 Å². The molecule has 2 N–H and O–H groups in total. The molecule has 1 aliphatic rings. The first-order valence-electron chi connectivity index (χ1n) is 6.50. The highest BCUT2D eigenvalue weighted by Gasteiger charge is 2.47. The van der Waals surface area contributed by atoms with Crippen molar-refractivity contribution in [1.29, 1.82) is 0 Å². The number of fused-ring (bicyclic) bond motifs is 1. The van der Waals surface area contributed by atoms with Crippen molar-refractivity contribution in [2.75, 3.05) is 10.6 Å². The van der Waals surface area contributed by atoms with Gasteiger partial charge in [0.2, 0.25) is 0 Å². The number of carbonyl (C=O) groups excluding carboxylic acids is 2. The van der Waals surface area contributed by atoms with Crippen LogP contribution in [-0.2, 0) is 9.59 Å². The lowest BCUT2D eigenvalue weighted by Gasteiger charge is -2.33. The second kappa shape index (κ2) is 5.31. The zero-order valence-corrected chi connectivity index (χ0v) is 12.3. The van der Waals surface area contributed by atoms with Crippen LogP contribution in [0.25, 0.3) is 0 Å². The maximum Gasteiger partial charge on any atom is 0.278 e. The number of halogens is 1. The molecule has 1 aliphatic heterocycles. The lowest BCUT2D eigenvalue weighted by Crippen LogP contribution is -2.56. The second-order valence-corrected chi connectivity index (χ2v) is 5.37. The highest BCUT2D eigenvalue weighted by molar-refractivity contribution is 6.30. The minimum absolute atomic E-state index is 0.377. The molecule has 0 fully saturated rings. The van der Waals surface area contributed by atoms with Crippen molar-refractivity contribution >= 4 is 34.8 Å². The third-order valence-electron chi connectivity index (χ3n) is 3.28. The Morgan fingerprint density at radius 2 is 2.14 bits per heavy atom. The Morgan fingerprint density at radius 1 is 1.36 bits per heavy atom. The molecule has 0 bridgehead atoms. The summed E-state index contributed by atoms with van der Waals surface area (Å²) in [5.74, 6) is -0.716. The number of ether oxygens (including phenoxy) is 1. The van der Waals surface area contributed by atoms with Crippen LogP contribution in [0.2, 0.25) is 5.02 Å². The topological polar surface area (TPSA) is 80.3 Å². The molecule has 2 amide bonds. The third-order valence-corrected chi connectivity index (χ3v) is 3.49. The monoisotopic (exact) mass is 317 g/mol. The average molecular weight is 318 g/mol. The van der Waals surface area contributed by atoms with Gasteiger partial charge in [0.25, 0.3) is 17.4 Å². The molecule has 112 valence electrons. The van der Waals surface area contributed by atoms with E-state index in [1.807, 2.05) is 0 Å². The summed E-state index contributed by atoms with van der Waals surface area (Å²) in [5, 5.41) is 5.62. The number of pyridine rings is 1. The summed E-state index contributed by atoms with van der Waals surface area (Å²) in [6, 6.07) is 8.44. The van der Waals surface area contributed by atoms with Gasteiger partial charge >= 0.3 is 0 Å². The van der Waals surface area contributed by atoms with Crippen LogP contribution >= 0.6 is 11.6 Å². The Kier molecular flexibility index (Phi) is 3.46. The van der Waals surface area contributed by atoms with Gasteiger partial charge in [-0.3, -0.25) is 14.6 Å². The predicted molar refractivity (Wildman–Crippen MR) is 82.0 cm³/mol. The molecular formula is C15H12ClN3O3. The van der Waals surface area contributed by atoms with Gasteiger partial charge in [-0.2, -0.15) is 0 Å². The van der Waals surface area contributed by atoms with E-state index in [4.69, 9.17) is 16.3 Å². The van der Waals surface area contributed by atoms with Gasteiger partial charge in [0, 0.05) is 6.20 Å². The van der Waals surface area contributed by atoms with Crippen LogP contribution in [0.3, 0.4) is 0 Å². The molecule has 0 saturated heterocycles. The summed E-state index contributed by atoms with van der Waals surface area (Å²) in [5.41, 5.74) is -0.771. The Hall–Kier alpha value is -2.60. The minimum atomic E-state index is -1.68. The first kappa shape index (κ1) is 14.3. The molecule has 0 aliphatic carbocycles. The van der Waals surface area contributed by atoms with E-state index in [1.54, 1.807) is 24.3 Å². The lowest BCUT2D eigenvalue weighted by molar-refractivity contribution is -0.143. The number of amides is 2. The van der Waals surface area contributed by atoms with Crippen molar-refractivity contribution in [3.63, 3.8) is 0 Å². The van der Waals surface area contributed by atoms with Gasteiger partial charge in [-0.25, -0.2) is 0 Å². The van der Waals surface area contributed by atoms with Crippen LogP contribution < -0.4 is 15.4 Å². The summed E-state index contributed by atoms with van der Waals surface area (Å²) < 4.78 is 5.62. The number of hydrogen-bond donors (Lipinski definition) is 2. The van der Waals surface area contributed by atoms with Crippen molar-refractivity contribution in [1.82, 2.24) is 4.98 Å². The maximum absolute atomic E-state index is 12.5. The fourth-order valence-electron chi connectivity index (χ4n) is 2.05. The fourth-order valence-corrected chi connectivity index (χ4v) is 2.22. The molecule has 0 spiro atoms. The number of hydrogen-bond acceptors (Lipinski definition) is 4. The molecule has 1 aromatic carbocycles. The van der Waals surface area contributed by atoms with Crippen LogP contribution in [0.1, 0.15) is 6.92 Å². The number of nitrogens with zero attached hydrogens (tertiary/aromatic N) is 1. The molecule has 1 unspecified atom stereocenters. The molecule has 1 aromatic heterocycles.